The summed E-state index contributed by atoms with van der Waals surface area (Å²) in [6, 6.07) is 6.34. The third-order valence-corrected chi connectivity index (χ3v) is 3.58. The van der Waals surface area contributed by atoms with Gasteiger partial charge in [-0.3, -0.25) is 0 Å². The summed E-state index contributed by atoms with van der Waals surface area (Å²) in [5.41, 5.74) is 9.70. The van der Waals surface area contributed by atoms with Crippen LogP contribution >= 0.6 is 0 Å². The van der Waals surface area contributed by atoms with E-state index < -0.39 is 0 Å². The maximum absolute atomic E-state index is 5.95. The van der Waals surface area contributed by atoms with Gasteiger partial charge < -0.3 is 15.5 Å². The van der Waals surface area contributed by atoms with Gasteiger partial charge in [-0.25, -0.2) is 0 Å². The van der Waals surface area contributed by atoms with Gasteiger partial charge in [0.15, 0.2) is 0 Å². The van der Waals surface area contributed by atoms with E-state index in [0.717, 1.165) is 18.8 Å². The van der Waals surface area contributed by atoms with Crippen molar-refractivity contribution >= 4 is 11.4 Å². The molecule has 1 aromatic rings. The molecule has 1 aromatic carbocycles. The van der Waals surface area contributed by atoms with Crippen molar-refractivity contribution in [3.8, 4) is 0 Å². The Labute approximate surface area is 111 Å². The lowest BCUT2D eigenvalue weighted by atomic mass is 10.0. The van der Waals surface area contributed by atoms with Crippen molar-refractivity contribution < 1.29 is 0 Å². The molecule has 0 bridgehead atoms. The smallest absolute Gasteiger partial charge is 0.0428 e. The molecule has 0 aliphatic carbocycles. The van der Waals surface area contributed by atoms with Gasteiger partial charge in [0.2, 0.25) is 0 Å². The van der Waals surface area contributed by atoms with Gasteiger partial charge >= 0.3 is 0 Å². The van der Waals surface area contributed by atoms with Crippen LogP contribution in [0.3, 0.4) is 0 Å². The summed E-state index contributed by atoms with van der Waals surface area (Å²) >= 11 is 0. The zero-order chi connectivity index (χ0) is 13.5. The molecule has 1 unspecified atom stereocenters. The Kier molecular flexibility index (Phi) is 3.28. The third-order valence-electron chi connectivity index (χ3n) is 3.58. The highest BCUT2D eigenvalue weighted by atomic mass is 15.2. The molecule has 1 atom stereocenters. The molecule has 3 nitrogen and oxygen atoms in total. The Bertz CT molecular complexity index is 432. The van der Waals surface area contributed by atoms with E-state index in [1.54, 1.807) is 0 Å². The van der Waals surface area contributed by atoms with Crippen molar-refractivity contribution in [1.29, 1.82) is 0 Å². The Hall–Kier alpha value is -1.22. The molecule has 2 rings (SSSR count). The van der Waals surface area contributed by atoms with E-state index in [1.165, 1.54) is 11.3 Å². The maximum Gasteiger partial charge on any atom is 0.0428 e. The predicted molar refractivity (Wildman–Crippen MR) is 79.2 cm³/mol. The molecular formula is C15H25N3. The summed E-state index contributed by atoms with van der Waals surface area (Å²) in [5.74, 6) is 0.579. The van der Waals surface area contributed by atoms with E-state index in [-0.39, 0.29) is 5.54 Å². The van der Waals surface area contributed by atoms with Crippen molar-refractivity contribution in [2.45, 2.75) is 32.2 Å². The number of anilines is 2. The van der Waals surface area contributed by atoms with E-state index >= 15 is 0 Å². The zero-order valence-electron chi connectivity index (χ0n) is 12.2. The molecule has 3 heteroatoms. The number of benzene rings is 1. The van der Waals surface area contributed by atoms with Gasteiger partial charge in [0.05, 0.1) is 0 Å². The second-order valence-corrected chi connectivity index (χ2v) is 6.56. The number of likely N-dealkylation sites (N-methyl/N-ethyl adjacent to an activating group) is 1. The van der Waals surface area contributed by atoms with Crippen LogP contribution in [0.15, 0.2) is 18.2 Å². The van der Waals surface area contributed by atoms with E-state index in [9.17, 15) is 0 Å². The molecule has 18 heavy (non-hydrogen) atoms. The first-order valence-corrected chi connectivity index (χ1v) is 6.61. The van der Waals surface area contributed by atoms with Crippen molar-refractivity contribution in [3.63, 3.8) is 0 Å². The molecule has 0 spiro atoms. The normalized spacial score (nSPS) is 19.4. The van der Waals surface area contributed by atoms with E-state index in [0.29, 0.717) is 5.92 Å². The van der Waals surface area contributed by atoms with Crippen LogP contribution < -0.4 is 10.6 Å². The largest absolute Gasteiger partial charge is 0.399 e. The summed E-state index contributed by atoms with van der Waals surface area (Å²) < 4.78 is 0. The lowest BCUT2D eigenvalue weighted by Gasteiger charge is -2.35. The molecule has 1 aliphatic rings. The van der Waals surface area contributed by atoms with Crippen molar-refractivity contribution in [2.24, 2.45) is 0 Å². The van der Waals surface area contributed by atoms with Crippen LogP contribution in [-0.4, -0.2) is 37.6 Å². The van der Waals surface area contributed by atoms with Crippen LogP contribution in [0.4, 0.5) is 11.4 Å². The van der Waals surface area contributed by atoms with Gasteiger partial charge in [0.1, 0.15) is 0 Å². The van der Waals surface area contributed by atoms with E-state index in [4.69, 9.17) is 5.73 Å². The SMILES string of the molecule is CN(C)CC1CN(C(C)(C)C)c2cc(N)ccc21. The van der Waals surface area contributed by atoms with Crippen molar-refractivity contribution in [2.75, 3.05) is 37.8 Å². The minimum atomic E-state index is 0.142. The predicted octanol–water partition coefficient (Wildman–Crippen LogP) is 2.53. The lowest BCUT2D eigenvalue weighted by molar-refractivity contribution is 0.371. The topological polar surface area (TPSA) is 32.5 Å². The lowest BCUT2D eigenvalue weighted by Crippen LogP contribution is -2.41. The Morgan fingerprint density at radius 3 is 2.56 bits per heavy atom. The Morgan fingerprint density at radius 1 is 1.33 bits per heavy atom. The van der Waals surface area contributed by atoms with Gasteiger partial charge in [-0.05, 0) is 52.6 Å². The molecule has 0 saturated carbocycles. The monoisotopic (exact) mass is 247 g/mol. The molecule has 0 amide bonds. The molecule has 2 N–H and O–H groups in total. The second-order valence-electron chi connectivity index (χ2n) is 6.56. The van der Waals surface area contributed by atoms with Gasteiger partial charge in [0, 0.05) is 35.9 Å². The quantitative estimate of drug-likeness (QED) is 0.815. The molecule has 1 heterocycles. The minimum Gasteiger partial charge on any atom is -0.399 e. The van der Waals surface area contributed by atoms with Crippen LogP contribution in [0.5, 0.6) is 0 Å². The minimum absolute atomic E-state index is 0.142. The molecule has 0 radical (unpaired) electrons. The van der Waals surface area contributed by atoms with Crippen LogP contribution in [-0.2, 0) is 0 Å². The highest BCUT2D eigenvalue weighted by molar-refractivity contribution is 5.67. The first-order valence-electron chi connectivity index (χ1n) is 6.61. The van der Waals surface area contributed by atoms with E-state index in [2.05, 4.69) is 56.8 Å². The number of nitrogens with zero attached hydrogens (tertiary/aromatic N) is 2. The fourth-order valence-electron chi connectivity index (χ4n) is 2.79. The molecule has 1 aliphatic heterocycles. The first kappa shape index (κ1) is 13.2. The van der Waals surface area contributed by atoms with E-state index in [1.807, 2.05) is 6.07 Å². The maximum atomic E-state index is 5.95. The fourth-order valence-corrected chi connectivity index (χ4v) is 2.79. The first-order chi connectivity index (χ1) is 8.29. The van der Waals surface area contributed by atoms with Crippen LogP contribution in [0, 0.1) is 0 Å². The number of nitrogens with two attached hydrogens (primary N) is 1. The van der Waals surface area contributed by atoms with Crippen LogP contribution in [0.1, 0.15) is 32.3 Å². The summed E-state index contributed by atoms with van der Waals surface area (Å²) in [7, 11) is 4.27. The Balaban J connectivity index is 2.39. The number of hydrogen-bond acceptors (Lipinski definition) is 3. The van der Waals surface area contributed by atoms with Gasteiger partial charge in [-0.15, -0.1) is 0 Å². The van der Waals surface area contributed by atoms with Crippen molar-refractivity contribution in [1.82, 2.24) is 4.90 Å². The molecule has 100 valence electrons. The fraction of sp³-hybridized carbons (Fsp3) is 0.600. The highest BCUT2D eigenvalue weighted by Gasteiger charge is 2.34. The number of hydrogen-bond donors (Lipinski definition) is 1. The second kappa shape index (κ2) is 4.47. The third kappa shape index (κ3) is 2.46. The summed E-state index contributed by atoms with van der Waals surface area (Å²) in [6.07, 6.45) is 0. The summed E-state index contributed by atoms with van der Waals surface area (Å²) in [5, 5.41) is 0. The van der Waals surface area contributed by atoms with Crippen LogP contribution in [0.25, 0.3) is 0 Å². The molecular weight excluding hydrogens is 222 g/mol. The van der Waals surface area contributed by atoms with Crippen molar-refractivity contribution in [3.05, 3.63) is 23.8 Å². The summed E-state index contributed by atoms with van der Waals surface area (Å²) in [4.78, 5) is 4.74. The van der Waals surface area contributed by atoms with Gasteiger partial charge in [-0.2, -0.15) is 0 Å². The number of nitrogen functional groups attached to an aromatic ring is 1. The molecule has 0 fully saturated rings. The Morgan fingerprint density at radius 2 is 2.00 bits per heavy atom. The average Bonchev–Trinajstić information content (AvgIpc) is 2.55. The standard InChI is InChI=1S/C15H25N3/c1-15(2,3)18-10-11(9-17(4)5)13-7-6-12(16)8-14(13)18/h6-8,11H,9-10,16H2,1-5H3. The summed E-state index contributed by atoms with van der Waals surface area (Å²) in [6.45, 7) is 8.96. The van der Waals surface area contributed by atoms with Crippen LogP contribution in [0.2, 0.25) is 0 Å². The zero-order valence-corrected chi connectivity index (χ0v) is 12.2. The number of rotatable bonds is 2. The van der Waals surface area contributed by atoms with Gasteiger partial charge in [-0.1, -0.05) is 6.07 Å². The number of fused-ring (bicyclic) bond motifs is 1. The average molecular weight is 247 g/mol. The molecule has 0 aromatic heterocycles. The highest BCUT2D eigenvalue weighted by Crippen LogP contribution is 2.41. The van der Waals surface area contributed by atoms with Gasteiger partial charge in [0.25, 0.3) is 0 Å². The molecule has 0 saturated heterocycles.